The van der Waals surface area contributed by atoms with Gasteiger partial charge in [0.25, 0.3) is 5.97 Å². The molecule has 0 unspecified atom stereocenters. The molecule has 10 nitrogen and oxygen atoms in total. The topological polar surface area (TPSA) is 135 Å². The molecule has 0 atom stereocenters. The Morgan fingerprint density at radius 2 is 2.09 bits per heavy atom. The van der Waals surface area contributed by atoms with Crippen molar-refractivity contribution in [3.63, 3.8) is 0 Å². The Morgan fingerprint density at radius 1 is 1.31 bits per heavy atom. The first-order valence-electron chi connectivity index (χ1n) is 10.2. The fourth-order valence-corrected chi connectivity index (χ4v) is 3.27. The van der Waals surface area contributed by atoms with Gasteiger partial charge in [-0.3, -0.25) is 4.79 Å². The van der Waals surface area contributed by atoms with Gasteiger partial charge in [-0.15, -0.1) is 0 Å². The van der Waals surface area contributed by atoms with Crippen LogP contribution in [0.15, 0.2) is 27.7 Å². The first-order chi connectivity index (χ1) is 15.4. The molecule has 4 rings (SSSR count). The van der Waals surface area contributed by atoms with Crippen molar-refractivity contribution < 1.29 is 33.7 Å². The molecule has 2 aliphatic heterocycles. The Kier molecular flexibility index (Phi) is 7.61. The minimum atomic E-state index is -0.833. The third-order valence-corrected chi connectivity index (χ3v) is 4.59. The van der Waals surface area contributed by atoms with Crippen LogP contribution in [0, 0.1) is 0 Å². The molecule has 0 amide bonds. The summed E-state index contributed by atoms with van der Waals surface area (Å²) in [7, 11) is 0. The van der Waals surface area contributed by atoms with Crippen LogP contribution in [-0.4, -0.2) is 66.3 Å². The van der Waals surface area contributed by atoms with Crippen LogP contribution in [0.2, 0.25) is 0 Å². The number of furan rings is 1. The molecular weight excluding hydrogens is 418 g/mol. The van der Waals surface area contributed by atoms with E-state index in [0.717, 1.165) is 24.5 Å². The smallest absolute Gasteiger partial charge is 0.347 e. The standard InChI is InChI=1S/C20H21N3O5.C2H4O2/c1-2-27-20(25)16-17(24)15(28-19(16)23-7-4-9-26-10-8-23)11-13-12-22-18-14(13)5-3-6-21-18;1-2(3)4/h3,5-6,11-12,24H,2,4,7-10H2,1H3;1H3,(H,3,4). The maximum atomic E-state index is 12.5. The lowest BCUT2D eigenvalue weighted by atomic mass is 10.1. The van der Waals surface area contributed by atoms with Crippen LogP contribution < -0.4 is 4.90 Å². The molecule has 2 aliphatic rings. The van der Waals surface area contributed by atoms with E-state index in [1.54, 1.807) is 25.4 Å². The molecule has 1 saturated heterocycles. The number of aromatic nitrogens is 1. The first-order valence-corrected chi connectivity index (χ1v) is 10.2. The molecule has 0 radical (unpaired) electrons. The van der Waals surface area contributed by atoms with Gasteiger partial charge >= 0.3 is 5.97 Å². The summed E-state index contributed by atoms with van der Waals surface area (Å²) in [4.78, 5) is 31.9. The first kappa shape index (κ1) is 23.0. The highest BCUT2D eigenvalue weighted by atomic mass is 16.5. The average molecular weight is 443 g/mol. The lowest BCUT2D eigenvalue weighted by Gasteiger charge is -2.19. The van der Waals surface area contributed by atoms with Crippen molar-refractivity contribution in [3.05, 3.63) is 35.2 Å². The maximum Gasteiger partial charge on any atom is 0.347 e. The number of carboxylic acid groups (broad SMARTS) is 1. The molecule has 1 fully saturated rings. The fraction of sp³-hybridized carbons (Fsp3) is 0.364. The van der Waals surface area contributed by atoms with E-state index in [9.17, 15) is 9.90 Å². The second-order valence-electron chi connectivity index (χ2n) is 6.92. The number of nitrogens with zero attached hydrogens (tertiary/aromatic N) is 3. The van der Waals surface area contributed by atoms with Gasteiger partial charge in [-0.2, -0.15) is 0 Å². The van der Waals surface area contributed by atoms with Crippen molar-refractivity contribution in [2.24, 2.45) is 4.99 Å². The Bertz CT molecular complexity index is 1030. The van der Waals surface area contributed by atoms with Gasteiger partial charge in [-0.1, -0.05) is 0 Å². The number of aromatic hydroxyl groups is 1. The minimum Gasteiger partial charge on any atom is -0.504 e. The van der Waals surface area contributed by atoms with E-state index in [-0.39, 0.29) is 23.7 Å². The highest BCUT2D eigenvalue weighted by Crippen LogP contribution is 2.40. The second-order valence-corrected chi connectivity index (χ2v) is 6.92. The molecule has 0 bridgehead atoms. The summed E-state index contributed by atoms with van der Waals surface area (Å²) in [5.74, 6) is -0.598. The van der Waals surface area contributed by atoms with Crippen LogP contribution in [0.1, 0.15) is 41.9 Å². The van der Waals surface area contributed by atoms with Gasteiger partial charge in [0.05, 0.1) is 13.2 Å². The zero-order valence-electron chi connectivity index (χ0n) is 17.9. The number of hydrogen-bond acceptors (Lipinski definition) is 9. The monoisotopic (exact) mass is 443 g/mol. The van der Waals surface area contributed by atoms with E-state index >= 15 is 0 Å². The van der Waals surface area contributed by atoms with E-state index in [4.69, 9.17) is 23.8 Å². The van der Waals surface area contributed by atoms with Gasteiger partial charge in [0, 0.05) is 50.2 Å². The van der Waals surface area contributed by atoms with Crippen molar-refractivity contribution in [2.45, 2.75) is 20.3 Å². The SMILES string of the molecule is CC(=O)O.CCOC(=O)c1c(N2CCCOCC2)oc(C=C2C=Nc3ncccc32)c1O. The normalized spacial score (nSPS) is 16.2. The van der Waals surface area contributed by atoms with Gasteiger partial charge in [0.15, 0.2) is 22.9 Å². The second kappa shape index (κ2) is 10.6. The van der Waals surface area contributed by atoms with Gasteiger partial charge in [0.2, 0.25) is 5.88 Å². The third-order valence-electron chi connectivity index (χ3n) is 4.59. The van der Waals surface area contributed by atoms with Crippen molar-refractivity contribution in [1.29, 1.82) is 0 Å². The van der Waals surface area contributed by atoms with Crippen LogP contribution in [-0.2, 0) is 14.3 Å². The van der Waals surface area contributed by atoms with Crippen LogP contribution >= 0.6 is 0 Å². The van der Waals surface area contributed by atoms with Gasteiger partial charge in [-0.05, 0) is 31.6 Å². The Balaban J connectivity index is 0.000000668. The highest BCUT2D eigenvalue weighted by molar-refractivity contribution is 6.21. The van der Waals surface area contributed by atoms with Crippen LogP contribution in [0.5, 0.6) is 5.75 Å². The molecule has 0 spiro atoms. The molecule has 10 heteroatoms. The molecule has 2 N–H and O–H groups in total. The predicted molar refractivity (Wildman–Crippen MR) is 118 cm³/mol. The number of esters is 1. The quantitative estimate of drug-likeness (QED) is 0.683. The van der Waals surface area contributed by atoms with E-state index in [2.05, 4.69) is 9.98 Å². The van der Waals surface area contributed by atoms with Crippen molar-refractivity contribution in [1.82, 2.24) is 4.98 Å². The zero-order valence-corrected chi connectivity index (χ0v) is 17.9. The fourth-order valence-electron chi connectivity index (χ4n) is 3.27. The number of aliphatic imine (C=N–C) groups is 1. The molecule has 4 heterocycles. The molecule has 0 aromatic carbocycles. The Morgan fingerprint density at radius 3 is 2.84 bits per heavy atom. The summed E-state index contributed by atoms with van der Waals surface area (Å²) in [5, 5.41) is 18.2. The molecular formula is C22H25N3O7. The summed E-state index contributed by atoms with van der Waals surface area (Å²) in [6.45, 7) is 5.39. The van der Waals surface area contributed by atoms with Gasteiger partial charge < -0.3 is 29.0 Å². The van der Waals surface area contributed by atoms with Crippen molar-refractivity contribution in [3.8, 4) is 5.75 Å². The summed E-state index contributed by atoms with van der Waals surface area (Å²) >= 11 is 0. The number of carbonyl (C=O) groups is 2. The lowest BCUT2D eigenvalue weighted by molar-refractivity contribution is -0.134. The molecule has 32 heavy (non-hydrogen) atoms. The summed E-state index contributed by atoms with van der Waals surface area (Å²) < 4.78 is 16.6. The van der Waals surface area contributed by atoms with E-state index in [0.29, 0.717) is 38.0 Å². The average Bonchev–Trinajstić information content (AvgIpc) is 3.17. The number of hydrogen-bond donors (Lipinski definition) is 2. The number of anilines is 1. The number of rotatable bonds is 4. The van der Waals surface area contributed by atoms with E-state index in [1.807, 2.05) is 17.0 Å². The number of aliphatic carboxylic acids is 1. The summed E-state index contributed by atoms with van der Waals surface area (Å²) in [5.41, 5.74) is 1.62. The minimum absolute atomic E-state index is 0.0388. The molecule has 0 aliphatic carbocycles. The van der Waals surface area contributed by atoms with E-state index in [1.165, 1.54) is 0 Å². The van der Waals surface area contributed by atoms with Crippen LogP contribution in [0.3, 0.4) is 0 Å². The predicted octanol–water partition coefficient (Wildman–Crippen LogP) is 3.13. The van der Waals surface area contributed by atoms with Crippen LogP contribution in [0.4, 0.5) is 11.7 Å². The molecule has 2 aromatic heterocycles. The Hall–Kier alpha value is -3.66. The number of allylic oxidation sites excluding steroid dienone is 1. The molecule has 2 aromatic rings. The Labute approximate surface area is 184 Å². The highest BCUT2D eigenvalue weighted by Gasteiger charge is 2.30. The van der Waals surface area contributed by atoms with Crippen molar-refractivity contribution >= 4 is 41.5 Å². The number of carbonyl (C=O) groups excluding carboxylic acids is 1. The van der Waals surface area contributed by atoms with Crippen LogP contribution in [0.25, 0.3) is 11.6 Å². The summed E-state index contributed by atoms with van der Waals surface area (Å²) in [6.07, 6.45) is 5.78. The maximum absolute atomic E-state index is 12.5. The largest absolute Gasteiger partial charge is 0.504 e. The van der Waals surface area contributed by atoms with Crippen molar-refractivity contribution in [2.75, 3.05) is 37.8 Å². The van der Waals surface area contributed by atoms with Gasteiger partial charge in [0.1, 0.15) is 0 Å². The summed E-state index contributed by atoms with van der Waals surface area (Å²) in [6, 6.07) is 3.70. The molecule has 0 saturated carbocycles. The molecule has 170 valence electrons. The number of fused-ring (bicyclic) bond motifs is 1. The number of carboxylic acids is 1. The zero-order chi connectivity index (χ0) is 23.1. The lowest BCUT2D eigenvalue weighted by Crippen LogP contribution is -2.27. The third kappa shape index (κ3) is 5.33. The number of ether oxygens (including phenoxy) is 2. The van der Waals surface area contributed by atoms with Gasteiger partial charge in [-0.25, -0.2) is 14.8 Å². The number of pyridine rings is 1. The van der Waals surface area contributed by atoms with E-state index < -0.39 is 11.9 Å².